The molecule has 0 spiro atoms. The summed E-state index contributed by atoms with van der Waals surface area (Å²) in [6.45, 7) is 2.36. The Balaban J connectivity index is 2.28. The average Bonchev–Trinajstić information content (AvgIpc) is 2.23. The number of hydrogen-bond donors (Lipinski definition) is 2. The first kappa shape index (κ1) is 12.6. The number of rotatable bonds is 6. The normalized spacial score (nSPS) is 10.6. The first-order valence-electron chi connectivity index (χ1n) is 5.08. The summed E-state index contributed by atoms with van der Waals surface area (Å²) >= 11 is 3.12. The lowest BCUT2D eigenvalue weighted by Gasteiger charge is -2.05. The molecule has 84 valence electrons. The second-order valence-corrected chi connectivity index (χ2v) is 4.28. The Labute approximate surface area is 98.2 Å². The third-order valence-electron chi connectivity index (χ3n) is 2.12. The molecule has 4 heteroatoms. The molecule has 15 heavy (non-hydrogen) atoms. The van der Waals surface area contributed by atoms with Crippen LogP contribution in [0.1, 0.15) is 18.4 Å². The van der Waals surface area contributed by atoms with Crippen LogP contribution in [0, 0.1) is 5.82 Å². The average molecular weight is 275 g/mol. The Kier molecular flexibility index (Phi) is 5.83. The Bertz CT molecular complexity index is 305. The molecule has 0 amide bonds. The summed E-state index contributed by atoms with van der Waals surface area (Å²) in [5, 5.41) is 3.25. The second-order valence-electron chi connectivity index (χ2n) is 3.42. The van der Waals surface area contributed by atoms with E-state index in [1.165, 1.54) is 0 Å². The van der Waals surface area contributed by atoms with Crippen LogP contribution >= 0.6 is 15.9 Å². The molecule has 2 nitrogen and oxygen atoms in total. The molecule has 0 saturated heterocycles. The van der Waals surface area contributed by atoms with Crippen LogP contribution in [0.2, 0.25) is 0 Å². The van der Waals surface area contributed by atoms with Crippen molar-refractivity contribution in [3.8, 4) is 0 Å². The molecule has 0 radical (unpaired) electrons. The lowest BCUT2D eigenvalue weighted by molar-refractivity contribution is 0.606. The monoisotopic (exact) mass is 274 g/mol. The zero-order chi connectivity index (χ0) is 11.1. The minimum Gasteiger partial charge on any atom is -0.330 e. The molecule has 0 aliphatic heterocycles. The van der Waals surface area contributed by atoms with Gasteiger partial charge in [-0.05, 0) is 59.6 Å². The Morgan fingerprint density at radius 1 is 1.33 bits per heavy atom. The van der Waals surface area contributed by atoms with Crippen LogP contribution < -0.4 is 11.1 Å². The van der Waals surface area contributed by atoms with E-state index in [0.29, 0.717) is 11.0 Å². The van der Waals surface area contributed by atoms with Gasteiger partial charge in [0.05, 0.1) is 4.47 Å². The van der Waals surface area contributed by atoms with Gasteiger partial charge in [0.2, 0.25) is 0 Å². The van der Waals surface area contributed by atoms with Crippen molar-refractivity contribution in [2.75, 3.05) is 13.1 Å². The van der Waals surface area contributed by atoms with E-state index in [1.54, 1.807) is 12.1 Å². The van der Waals surface area contributed by atoms with Gasteiger partial charge >= 0.3 is 0 Å². The molecule has 0 bridgehead atoms. The molecule has 1 aromatic rings. The lowest BCUT2D eigenvalue weighted by Crippen LogP contribution is -2.15. The van der Waals surface area contributed by atoms with Crippen molar-refractivity contribution >= 4 is 15.9 Å². The van der Waals surface area contributed by atoms with Crippen LogP contribution in [0.15, 0.2) is 22.7 Å². The van der Waals surface area contributed by atoms with Gasteiger partial charge in [0.25, 0.3) is 0 Å². The molecular weight excluding hydrogens is 259 g/mol. The molecule has 1 aromatic carbocycles. The van der Waals surface area contributed by atoms with Crippen LogP contribution in [0.5, 0.6) is 0 Å². The van der Waals surface area contributed by atoms with Crippen molar-refractivity contribution < 1.29 is 4.39 Å². The maximum Gasteiger partial charge on any atom is 0.137 e. The van der Waals surface area contributed by atoms with Gasteiger partial charge in [0.15, 0.2) is 0 Å². The highest BCUT2D eigenvalue weighted by atomic mass is 79.9. The minimum absolute atomic E-state index is 0.212. The van der Waals surface area contributed by atoms with Crippen molar-refractivity contribution in [1.29, 1.82) is 0 Å². The smallest absolute Gasteiger partial charge is 0.137 e. The van der Waals surface area contributed by atoms with E-state index in [4.69, 9.17) is 5.73 Å². The Hall–Kier alpha value is -0.450. The van der Waals surface area contributed by atoms with E-state index >= 15 is 0 Å². The van der Waals surface area contributed by atoms with E-state index in [-0.39, 0.29) is 5.82 Å². The Morgan fingerprint density at radius 3 is 2.80 bits per heavy atom. The third-order valence-corrected chi connectivity index (χ3v) is 2.76. The van der Waals surface area contributed by atoms with Gasteiger partial charge in [0, 0.05) is 6.54 Å². The molecule has 0 saturated carbocycles. The first-order valence-corrected chi connectivity index (χ1v) is 5.88. The number of benzene rings is 1. The summed E-state index contributed by atoms with van der Waals surface area (Å²) in [5.74, 6) is -0.212. The summed E-state index contributed by atoms with van der Waals surface area (Å²) in [6.07, 6.45) is 2.09. The standard InChI is InChI=1S/C11H16BrFN2/c12-10-4-3-9(7-11(10)13)8-15-6-2-1-5-14/h3-4,7,15H,1-2,5-6,8,14H2. The van der Waals surface area contributed by atoms with Crippen molar-refractivity contribution in [2.45, 2.75) is 19.4 Å². The molecule has 1 rings (SSSR count). The summed E-state index contributed by atoms with van der Waals surface area (Å²) in [7, 11) is 0. The number of hydrogen-bond acceptors (Lipinski definition) is 2. The maximum atomic E-state index is 13.1. The van der Waals surface area contributed by atoms with Gasteiger partial charge in [-0.3, -0.25) is 0 Å². The minimum atomic E-state index is -0.212. The van der Waals surface area contributed by atoms with E-state index in [9.17, 15) is 4.39 Å². The van der Waals surface area contributed by atoms with Crippen molar-refractivity contribution in [3.05, 3.63) is 34.1 Å². The summed E-state index contributed by atoms with van der Waals surface area (Å²) in [5.41, 5.74) is 6.34. The molecule has 3 N–H and O–H groups in total. The highest BCUT2D eigenvalue weighted by Gasteiger charge is 1.99. The molecule has 0 fully saturated rings. The van der Waals surface area contributed by atoms with E-state index in [0.717, 1.165) is 31.5 Å². The Morgan fingerprint density at radius 2 is 2.13 bits per heavy atom. The summed E-state index contributed by atoms with van der Waals surface area (Å²) < 4.78 is 13.6. The fraction of sp³-hybridized carbons (Fsp3) is 0.455. The van der Waals surface area contributed by atoms with Crippen LogP contribution in [0.4, 0.5) is 4.39 Å². The summed E-state index contributed by atoms with van der Waals surface area (Å²) in [4.78, 5) is 0. The van der Waals surface area contributed by atoms with Gasteiger partial charge in [-0.25, -0.2) is 4.39 Å². The van der Waals surface area contributed by atoms with Crippen LogP contribution in [0.25, 0.3) is 0 Å². The van der Waals surface area contributed by atoms with Gasteiger partial charge < -0.3 is 11.1 Å². The van der Waals surface area contributed by atoms with Crippen molar-refractivity contribution in [2.24, 2.45) is 5.73 Å². The predicted octanol–water partition coefficient (Wildman–Crippen LogP) is 2.42. The fourth-order valence-electron chi connectivity index (χ4n) is 1.28. The molecule has 0 unspecified atom stereocenters. The molecule has 0 atom stereocenters. The number of nitrogens with two attached hydrogens (primary N) is 1. The topological polar surface area (TPSA) is 38.0 Å². The zero-order valence-electron chi connectivity index (χ0n) is 8.60. The quantitative estimate of drug-likeness (QED) is 0.782. The van der Waals surface area contributed by atoms with Crippen LogP contribution in [0.3, 0.4) is 0 Å². The number of unbranched alkanes of at least 4 members (excludes halogenated alkanes) is 1. The molecule has 0 aliphatic carbocycles. The van der Waals surface area contributed by atoms with Crippen molar-refractivity contribution in [3.63, 3.8) is 0 Å². The van der Waals surface area contributed by atoms with Gasteiger partial charge in [-0.2, -0.15) is 0 Å². The highest BCUT2D eigenvalue weighted by molar-refractivity contribution is 9.10. The molecular formula is C11H16BrFN2. The second kappa shape index (κ2) is 6.93. The fourth-order valence-corrected chi connectivity index (χ4v) is 1.52. The van der Waals surface area contributed by atoms with E-state index in [1.807, 2.05) is 6.07 Å². The van der Waals surface area contributed by atoms with Gasteiger partial charge in [-0.15, -0.1) is 0 Å². The van der Waals surface area contributed by atoms with E-state index in [2.05, 4.69) is 21.2 Å². The number of halogens is 2. The largest absolute Gasteiger partial charge is 0.330 e. The summed E-state index contributed by atoms with van der Waals surface area (Å²) in [6, 6.07) is 5.18. The van der Waals surface area contributed by atoms with Crippen LogP contribution in [-0.4, -0.2) is 13.1 Å². The van der Waals surface area contributed by atoms with E-state index < -0.39 is 0 Å². The molecule has 0 aliphatic rings. The van der Waals surface area contributed by atoms with Crippen LogP contribution in [-0.2, 0) is 6.54 Å². The predicted molar refractivity (Wildman–Crippen MR) is 64.1 cm³/mol. The molecule has 0 heterocycles. The van der Waals surface area contributed by atoms with Gasteiger partial charge in [0.1, 0.15) is 5.82 Å². The maximum absolute atomic E-state index is 13.1. The third kappa shape index (κ3) is 4.73. The number of nitrogens with one attached hydrogen (secondary N) is 1. The highest BCUT2D eigenvalue weighted by Crippen LogP contribution is 2.16. The SMILES string of the molecule is NCCCCNCc1ccc(Br)c(F)c1. The molecule has 0 aromatic heterocycles. The van der Waals surface area contributed by atoms with Gasteiger partial charge in [-0.1, -0.05) is 6.07 Å². The van der Waals surface area contributed by atoms with Crippen molar-refractivity contribution in [1.82, 2.24) is 5.32 Å². The first-order chi connectivity index (χ1) is 7.24. The zero-order valence-corrected chi connectivity index (χ0v) is 10.2. The lowest BCUT2D eigenvalue weighted by atomic mass is 10.2.